The summed E-state index contributed by atoms with van der Waals surface area (Å²) in [7, 11) is 0. The summed E-state index contributed by atoms with van der Waals surface area (Å²) in [5, 5.41) is 4.98. The Hall–Kier alpha value is -2.44. The van der Waals surface area contributed by atoms with Crippen LogP contribution >= 0.6 is 0 Å². The first-order chi connectivity index (χ1) is 12.0. The molecule has 1 aliphatic rings. The SMILES string of the molecule is Cc1cc(C(C)N)c2oc(-c3cnn4c3COCC4)c(C)c(=O)c2c1. The zero-order valence-electron chi connectivity index (χ0n) is 14.6. The van der Waals surface area contributed by atoms with Gasteiger partial charge in [0.05, 0.1) is 42.6 Å². The van der Waals surface area contributed by atoms with E-state index in [1.54, 1.807) is 13.1 Å². The third-order valence-electron chi connectivity index (χ3n) is 4.76. The molecule has 0 spiro atoms. The number of aryl methyl sites for hydroxylation is 1. The number of hydrogen-bond donors (Lipinski definition) is 1. The van der Waals surface area contributed by atoms with E-state index < -0.39 is 0 Å². The Morgan fingerprint density at radius 2 is 2.12 bits per heavy atom. The van der Waals surface area contributed by atoms with Crippen LogP contribution in [-0.4, -0.2) is 16.4 Å². The van der Waals surface area contributed by atoms with Crippen LogP contribution in [0.2, 0.25) is 0 Å². The lowest BCUT2D eigenvalue weighted by Gasteiger charge is -2.17. The van der Waals surface area contributed by atoms with Crippen LogP contribution in [0.4, 0.5) is 0 Å². The second-order valence-electron chi connectivity index (χ2n) is 6.69. The largest absolute Gasteiger partial charge is 0.455 e. The minimum absolute atomic E-state index is 0.0291. The quantitative estimate of drug-likeness (QED) is 0.776. The average Bonchev–Trinajstić information content (AvgIpc) is 3.01. The van der Waals surface area contributed by atoms with E-state index in [4.69, 9.17) is 14.9 Å². The van der Waals surface area contributed by atoms with Gasteiger partial charge in [-0.15, -0.1) is 0 Å². The summed E-state index contributed by atoms with van der Waals surface area (Å²) >= 11 is 0. The van der Waals surface area contributed by atoms with Crippen molar-refractivity contribution >= 4 is 11.0 Å². The van der Waals surface area contributed by atoms with Crippen LogP contribution < -0.4 is 11.2 Å². The topological polar surface area (TPSA) is 83.3 Å². The van der Waals surface area contributed by atoms with Gasteiger partial charge in [0.15, 0.2) is 5.43 Å². The van der Waals surface area contributed by atoms with Gasteiger partial charge >= 0.3 is 0 Å². The highest BCUT2D eigenvalue weighted by Crippen LogP contribution is 2.32. The smallest absolute Gasteiger partial charge is 0.196 e. The molecule has 130 valence electrons. The number of fused-ring (bicyclic) bond motifs is 2. The van der Waals surface area contributed by atoms with Gasteiger partial charge in [0.1, 0.15) is 11.3 Å². The highest BCUT2D eigenvalue weighted by Gasteiger charge is 2.23. The lowest BCUT2D eigenvalue weighted by Crippen LogP contribution is -2.18. The highest BCUT2D eigenvalue weighted by molar-refractivity contribution is 5.84. The van der Waals surface area contributed by atoms with E-state index in [0.29, 0.717) is 42.1 Å². The van der Waals surface area contributed by atoms with Crippen molar-refractivity contribution in [3.8, 4) is 11.3 Å². The average molecular weight is 339 g/mol. The molecule has 0 radical (unpaired) electrons. The zero-order chi connectivity index (χ0) is 17.7. The molecule has 0 saturated heterocycles. The molecule has 1 aromatic carbocycles. The normalized spacial score (nSPS) is 15.4. The van der Waals surface area contributed by atoms with Crippen LogP contribution in [0.3, 0.4) is 0 Å². The van der Waals surface area contributed by atoms with Crippen molar-refractivity contribution in [2.75, 3.05) is 6.61 Å². The Morgan fingerprint density at radius 3 is 2.88 bits per heavy atom. The Kier molecular flexibility index (Phi) is 3.74. The van der Waals surface area contributed by atoms with Crippen molar-refractivity contribution in [2.24, 2.45) is 5.73 Å². The predicted octanol–water partition coefficient (Wildman–Crippen LogP) is 2.82. The van der Waals surface area contributed by atoms with Gasteiger partial charge in [-0.25, -0.2) is 0 Å². The number of rotatable bonds is 2. The van der Waals surface area contributed by atoms with Gasteiger partial charge in [-0.05, 0) is 32.4 Å². The van der Waals surface area contributed by atoms with Crippen LogP contribution in [0.1, 0.15) is 35.3 Å². The molecule has 1 unspecified atom stereocenters. The molecule has 2 aromatic heterocycles. The first-order valence-corrected chi connectivity index (χ1v) is 8.43. The van der Waals surface area contributed by atoms with Crippen molar-refractivity contribution < 1.29 is 9.15 Å². The molecule has 0 bridgehead atoms. The van der Waals surface area contributed by atoms with Crippen molar-refractivity contribution in [3.05, 3.63) is 50.9 Å². The van der Waals surface area contributed by atoms with Crippen molar-refractivity contribution in [1.82, 2.24) is 9.78 Å². The third kappa shape index (κ3) is 2.49. The first kappa shape index (κ1) is 16.1. The van der Waals surface area contributed by atoms with Crippen LogP contribution in [0.5, 0.6) is 0 Å². The molecule has 25 heavy (non-hydrogen) atoms. The molecule has 1 atom stereocenters. The second kappa shape index (κ2) is 5.82. The fourth-order valence-electron chi connectivity index (χ4n) is 3.43. The molecule has 1 aliphatic heterocycles. The highest BCUT2D eigenvalue weighted by atomic mass is 16.5. The standard InChI is InChI=1S/C19H21N3O3/c1-10-6-13(12(3)20)19-14(7-10)17(23)11(2)18(25-19)15-8-21-22-4-5-24-9-16(15)22/h6-8,12H,4-5,9,20H2,1-3H3. The second-order valence-corrected chi connectivity index (χ2v) is 6.69. The van der Waals surface area contributed by atoms with Crippen molar-refractivity contribution in [2.45, 2.75) is 40.0 Å². The molecule has 0 saturated carbocycles. The monoisotopic (exact) mass is 339 g/mol. The summed E-state index contributed by atoms with van der Waals surface area (Å²) in [5.74, 6) is 0.551. The summed E-state index contributed by atoms with van der Waals surface area (Å²) in [5.41, 5.74) is 10.8. The molecule has 3 aromatic rings. The number of aromatic nitrogens is 2. The van der Waals surface area contributed by atoms with Gasteiger partial charge in [0, 0.05) is 17.2 Å². The molecule has 3 heterocycles. The Balaban J connectivity index is 2.04. The number of nitrogens with zero attached hydrogens (tertiary/aromatic N) is 2. The van der Waals surface area contributed by atoms with E-state index >= 15 is 0 Å². The minimum Gasteiger partial charge on any atom is -0.455 e. The third-order valence-corrected chi connectivity index (χ3v) is 4.76. The van der Waals surface area contributed by atoms with Gasteiger partial charge in [-0.3, -0.25) is 9.48 Å². The fourth-order valence-corrected chi connectivity index (χ4v) is 3.43. The predicted molar refractivity (Wildman–Crippen MR) is 95.4 cm³/mol. The van der Waals surface area contributed by atoms with E-state index in [9.17, 15) is 4.79 Å². The summed E-state index contributed by atoms with van der Waals surface area (Å²) in [6.07, 6.45) is 1.75. The number of ether oxygens (including phenoxy) is 1. The zero-order valence-corrected chi connectivity index (χ0v) is 14.6. The van der Waals surface area contributed by atoms with E-state index in [0.717, 1.165) is 22.4 Å². The van der Waals surface area contributed by atoms with Gasteiger partial charge < -0.3 is 14.9 Å². The van der Waals surface area contributed by atoms with Crippen molar-refractivity contribution in [3.63, 3.8) is 0 Å². The fraction of sp³-hybridized carbons (Fsp3) is 0.368. The van der Waals surface area contributed by atoms with E-state index in [-0.39, 0.29) is 11.5 Å². The summed E-state index contributed by atoms with van der Waals surface area (Å²) < 4.78 is 13.7. The van der Waals surface area contributed by atoms with Gasteiger partial charge in [-0.1, -0.05) is 6.07 Å². The number of benzene rings is 1. The maximum atomic E-state index is 13.0. The van der Waals surface area contributed by atoms with Gasteiger partial charge in [-0.2, -0.15) is 5.10 Å². The van der Waals surface area contributed by atoms with E-state index in [1.165, 1.54) is 0 Å². The molecule has 0 amide bonds. The maximum absolute atomic E-state index is 13.0. The van der Waals surface area contributed by atoms with Gasteiger partial charge in [0.25, 0.3) is 0 Å². The van der Waals surface area contributed by atoms with Crippen LogP contribution in [-0.2, 0) is 17.9 Å². The maximum Gasteiger partial charge on any atom is 0.196 e. The molecule has 4 rings (SSSR count). The number of nitrogens with two attached hydrogens (primary N) is 1. The molecule has 6 nitrogen and oxygen atoms in total. The molecule has 0 aliphatic carbocycles. The lowest BCUT2D eigenvalue weighted by molar-refractivity contribution is 0.0803. The minimum atomic E-state index is -0.231. The number of hydrogen-bond acceptors (Lipinski definition) is 5. The lowest BCUT2D eigenvalue weighted by atomic mass is 9.99. The van der Waals surface area contributed by atoms with E-state index in [2.05, 4.69) is 5.10 Å². The molecule has 2 N–H and O–H groups in total. The van der Waals surface area contributed by atoms with Gasteiger partial charge in [0.2, 0.25) is 0 Å². The van der Waals surface area contributed by atoms with Crippen LogP contribution in [0.15, 0.2) is 27.5 Å². The Labute approximate surface area is 145 Å². The van der Waals surface area contributed by atoms with Crippen LogP contribution in [0, 0.1) is 13.8 Å². The Bertz CT molecular complexity index is 1030. The van der Waals surface area contributed by atoms with Crippen LogP contribution in [0.25, 0.3) is 22.3 Å². The first-order valence-electron chi connectivity index (χ1n) is 8.43. The Morgan fingerprint density at radius 1 is 1.32 bits per heavy atom. The summed E-state index contributed by atoms with van der Waals surface area (Å²) in [4.78, 5) is 13.0. The summed E-state index contributed by atoms with van der Waals surface area (Å²) in [6.45, 7) is 7.45. The molecular formula is C19H21N3O3. The van der Waals surface area contributed by atoms with E-state index in [1.807, 2.05) is 30.7 Å². The molecule has 0 fully saturated rings. The summed E-state index contributed by atoms with van der Waals surface area (Å²) in [6, 6.07) is 3.61. The van der Waals surface area contributed by atoms with Crippen molar-refractivity contribution in [1.29, 1.82) is 0 Å². The molecular weight excluding hydrogens is 318 g/mol. The molecule has 6 heteroatoms.